The molecule has 1 atom stereocenters. The molecule has 0 amide bonds. The number of carbonyl (C=O) groups is 1. The van der Waals surface area contributed by atoms with Gasteiger partial charge < -0.3 is 15.3 Å². The van der Waals surface area contributed by atoms with Crippen molar-refractivity contribution >= 4 is 11.9 Å². The minimum absolute atomic E-state index is 0.136. The van der Waals surface area contributed by atoms with Crippen LogP contribution < -0.4 is 4.99 Å². The third-order valence-electron chi connectivity index (χ3n) is 8.77. The van der Waals surface area contributed by atoms with E-state index < -0.39 is 17.1 Å². The summed E-state index contributed by atoms with van der Waals surface area (Å²) in [4.78, 5) is 14.2. The van der Waals surface area contributed by atoms with Crippen LogP contribution in [-0.2, 0) is 16.6 Å². The van der Waals surface area contributed by atoms with E-state index in [1.807, 2.05) is 13.0 Å². The smallest absolute Gasteiger partial charge is 0.375 e. The zero-order valence-corrected chi connectivity index (χ0v) is 24.3. The van der Waals surface area contributed by atoms with E-state index in [9.17, 15) is 20.1 Å². The number of aliphatic carboxylic acids is 1. The Morgan fingerprint density at radius 3 is 1.81 bits per heavy atom. The molecule has 0 saturated carbocycles. The van der Waals surface area contributed by atoms with Crippen LogP contribution in [0.15, 0.2) is 36.4 Å². The molecule has 1 unspecified atom stereocenters. The minimum Gasteiger partial charge on any atom is -0.476 e. The van der Waals surface area contributed by atoms with Crippen LogP contribution in [-0.4, -0.2) is 38.3 Å². The number of carboxylic acids is 1. The largest absolute Gasteiger partial charge is 0.476 e. The highest BCUT2D eigenvalue weighted by Crippen LogP contribution is 2.40. The second-order valence-corrected chi connectivity index (χ2v) is 11.3. The van der Waals surface area contributed by atoms with E-state index in [2.05, 4.69) is 76.9 Å². The predicted octanol–water partition coefficient (Wildman–Crippen LogP) is 5.39. The number of carboxylic acid groups (broad SMARTS) is 1. The van der Waals surface area contributed by atoms with Gasteiger partial charge in [0.2, 0.25) is 0 Å². The summed E-state index contributed by atoms with van der Waals surface area (Å²) in [6, 6.07) is 12.8. The molecule has 5 heteroatoms. The molecule has 0 saturated heterocycles. The highest BCUT2D eigenvalue weighted by Gasteiger charge is 2.36. The summed E-state index contributed by atoms with van der Waals surface area (Å²) in [5, 5.41) is 31.1. The molecule has 0 aliphatic carbocycles. The lowest BCUT2D eigenvalue weighted by Gasteiger charge is -2.35. The van der Waals surface area contributed by atoms with Gasteiger partial charge in [-0.1, -0.05) is 65.0 Å². The quantitative estimate of drug-likeness (QED) is 0.228. The molecule has 0 aromatic heterocycles. The van der Waals surface area contributed by atoms with Crippen LogP contribution in [0.4, 0.5) is 0 Å². The summed E-state index contributed by atoms with van der Waals surface area (Å²) in [6.45, 7) is 17.8. The second kappa shape index (κ2) is 11.8. The van der Waals surface area contributed by atoms with Crippen molar-refractivity contribution in [3.05, 3.63) is 69.8 Å². The van der Waals surface area contributed by atoms with Crippen LogP contribution in [0.1, 0.15) is 108 Å². The van der Waals surface area contributed by atoms with E-state index in [-0.39, 0.29) is 17.2 Å². The summed E-state index contributed by atoms with van der Waals surface area (Å²) in [6.07, 6.45) is 4.19. The Labute approximate surface area is 223 Å². The third kappa shape index (κ3) is 6.26. The highest BCUT2D eigenvalue weighted by atomic mass is 16.4. The molecule has 2 aromatic carbocycles. The van der Waals surface area contributed by atoms with Crippen LogP contribution in [0.25, 0.3) is 0 Å². The fourth-order valence-electron chi connectivity index (χ4n) is 5.57. The van der Waals surface area contributed by atoms with E-state index in [0.717, 1.165) is 37.7 Å². The summed E-state index contributed by atoms with van der Waals surface area (Å²) >= 11 is 0. The second-order valence-electron chi connectivity index (χ2n) is 11.3. The van der Waals surface area contributed by atoms with Crippen molar-refractivity contribution in [2.75, 3.05) is 0 Å². The number of hydrogen-bond donors (Lipinski definition) is 4. The Kier molecular flexibility index (Phi) is 9.75. The Bertz CT molecular complexity index is 1120. The fourth-order valence-corrected chi connectivity index (χ4v) is 5.57. The van der Waals surface area contributed by atoms with Gasteiger partial charge in [-0.3, -0.25) is 0 Å². The molecule has 2 rings (SSSR count). The van der Waals surface area contributed by atoms with Gasteiger partial charge in [0.25, 0.3) is 5.54 Å². The molecule has 204 valence electrons. The lowest BCUT2D eigenvalue weighted by atomic mass is 9.69. The molecule has 0 radical (unpaired) electrons. The van der Waals surface area contributed by atoms with Crippen molar-refractivity contribution in [3.63, 3.8) is 0 Å². The highest BCUT2D eigenvalue weighted by molar-refractivity contribution is 5.90. The Balaban J connectivity index is 2.49. The molecule has 2 aromatic rings. The van der Waals surface area contributed by atoms with Crippen molar-refractivity contribution in [1.29, 1.82) is 0 Å². The van der Waals surface area contributed by atoms with Crippen molar-refractivity contribution in [1.82, 2.24) is 0 Å². The summed E-state index contributed by atoms with van der Waals surface area (Å²) in [5.41, 5.74) is 4.32. The number of nitrogens with one attached hydrogen (secondary N) is 1. The van der Waals surface area contributed by atoms with Crippen molar-refractivity contribution < 1.29 is 25.1 Å². The molecule has 0 bridgehead atoms. The predicted molar refractivity (Wildman–Crippen MR) is 152 cm³/mol. The number of benzene rings is 2. The van der Waals surface area contributed by atoms with Crippen molar-refractivity contribution in [2.45, 2.75) is 111 Å². The Morgan fingerprint density at radius 1 is 0.865 bits per heavy atom. The van der Waals surface area contributed by atoms with Crippen LogP contribution in [0.3, 0.4) is 0 Å². The Hall–Kier alpha value is -2.66. The minimum atomic E-state index is -1.29. The van der Waals surface area contributed by atoms with Crippen LogP contribution in [0, 0.1) is 19.8 Å². The van der Waals surface area contributed by atoms with E-state index >= 15 is 0 Å². The number of aliphatic hydroxyl groups is 2. The van der Waals surface area contributed by atoms with Gasteiger partial charge in [0, 0.05) is 19.3 Å². The lowest BCUT2D eigenvalue weighted by Crippen LogP contribution is -2.88. The average molecular weight is 511 g/mol. The average Bonchev–Trinajstić information content (AvgIpc) is 2.85. The zero-order valence-electron chi connectivity index (χ0n) is 24.3. The molecular weight excluding hydrogens is 462 g/mol. The van der Waals surface area contributed by atoms with Gasteiger partial charge in [-0.2, -0.15) is 4.99 Å². The molecule has 0 spiro atoms. The molecule has 5 nitrogen and oxygen atoms in total. The van der Waals surface area contributed by atoms with Gasteiger partial charge in [-0.05, 0) is 85.8 Å². The SMILES string of the molecule is CCC(CC)(c1ccc(CC(C)C(O)(CC)CC)c(C)c1)c1ccc(C(O)=[NH+]C(C)(C)C(=O)O)c(C)c1. The van der Waals surface area contributed by atoms with Gasteiger partial charge in [0.15, 0.2) is 0 Å². The molecular formula is C32H48NO4+. The summed E-state index contributed by atoms with van der Waals surface area (Å²) in [5.74, 6) is -0.997. The first-order valence-corrected chi connectivity index (χ1v) is 13.7. The first kappa shape index (κ1) is 30.6. The zero-order chi connectivity index (χ0) is 28.2. The molecule has 37 heavy (non-hydrogen) atoms. The van der Waals surface area contributed by atoms with Gasteiger partial charge in [0.1, 0.15) is 0 Å². The van der Waals surface area contributed by atoms with E-state index in [1.165, 1.54) is 36.1 Å². The number of hydrogen-bond acceptors (Lipinski definition) is 2. The lowest BCUT2D eigenvalue weighted by molar-refractivity contribution is -0.535. The van der Waals surface area contributed by atoms with Crippen LogP contribution in [0.5, 0.6) is 0 Å². The van der Waals surface area contributed by atoms with E-state index in [0.29, 0.717) is 5.56 Å². The van der Waals surface area contributed by atoms with Gasteiger partial charge in [-0.25, -0.2) is 4.79 Å². The van der Waals surface area contributed by atoms with E-state index in [1.54, 1.807) is 0 Å². The first-order valence-electron chi connectivity index (χ1n) is 13.7. The standard InChI is InChI=1S/C32H47NO4/c1-10-31(11-2,25-15-14-24(21(5)18-25)20-23(7)32(37,12-3)13-4)26-16-17-27(22(6)19-26)28(34)33-30(8,9)29(35)36/h14-19,23,37H,10-13,20H2,1-9H3,(H,33,34)(H,35,36)/p+1. The molecule has 0 fully saturated rings. The van der Waals surface area contributed by atoms with Gasteiger partial charge in [0.05, 0.1) is 11.2 Å². The summed E-state index contributed by atoms with van der Waals surface area (Å²) < 4.78 is 0. The van der Waals surface area contributed by atoms with Crippen LogP contribution >= 0.6 is 0 Å². The maximum Gasteiger partial charge on any atom is 0.375 e. The first-order chi connectivity index (χ1) is 17.2. The van der Waals surface area contributed by atoms with Crippen LogP contribution in [0.2, 0.25) is 0 Å². The number of aryl methyl sites for hydroxylation is 2. The molecule has 0 heterocycles. The normalized spacial score (nSPS) is 14.1. The Morgan fingerprint density at radius 2 is 1.38 bits per heavy atom. The molecule has 4 N–H and O–H groups in total. The van der Waals surface area contributed by atoms with Gasteiger partial charge in [-0.15, -0.1) is 0 Å². The van der Waals surface area contributed by atoms with E-state index in [4.69, 9.17) is 0 Å². The maximum absolute atomic E-state index is 11.5. The van der Waals surface area contributed by atoms with Crippen molar-refractivity contribution in [2.24, 2.45) is 5.92 Å². The summed E-state index contributed by atoms with van der Waals surface area (Å²) in [7, 11) is 0. The van der Waals surface area contributed by atoms with Crippen molar-refractivity contribution in [3.8, 4) is 0 Å². The topological polar surface area (TPSA) is 91.7 Å². The number of aliphatic hydroxyl groups excluding tert-OH is 1. The third-order valence-corrected chi connectivity index (χ3v) is 8.77. The fraction of sp³-hybridized carbons (Fsp3) is 0.562. The van der Waals surface area contributed by atoms with Gasteiger partial charge >= 0.3 is 11.9 Å². The monoisotopic (exact) mass is 510 g/mol. The molecule has 0 aliphatic heterocycles. The number of rotatable bonds is 12. The maximum atomic E-state index is 11.5. The molecule has 0 aliphatic rings.